The summed E-state index contributed by atoms with van der Waals surface area (Å²) < 4.78 is 39.0. The first kappa shape index (κ1) is 24.1. The van der Waals surface area contributed by atoms with Crippen molar-refractivity contribution in [3.63, 3.8) is 0 Å². The molecule has 1 atom stereocenters. The van der Waals surface area contributed by atoms with Gasteiger partial charge in [0.1, 0.15) is 0 Å². The Morgan fingerprint density at radius 1 is 0.914 bits per heavy atom. The lowest BCUT2D eigenvalue weighted by molar-refractivity contribution is -0.133. The minimum atomic E-state index is -3.54. The van der Waals surface area contributed by atoms with Gasteiger partial charge in [-0.1, -0.05) is 23.8 Å². The van der Waals surface area contributed by atoms with Crippen LogP contribution >= 0.6 is 0 Å². The number of hydrogen-bond acceptors (Lipinski definition) is 6. The van der Waals surface area contributed by atoms with E-state index in [4.69, 9.17) is 9.47 Å². The number of sulfonamides is 1. The maximum atomic E-state index is 13.1. The molecule has 5 rings (SSSR count). The predicted octanol–water partition coefficient (Wildman–Crippen LogP) is 2.83. The highest BCUT2D eigenvalue weighted by Gasteiger charge is 2.33. The molecule has 2 saturated heterocycles. The zero-order valence-electron chi connectivity index (χ0n) is 20.2. The number of benzene rings is 2. The molecule has 0 bridgehead atoms. The second-order valence-corrected chi connectivity index (χ2v) is 11.4. The van der Waals surface area contributed by atoms with E-state index in [1.807, 2.05) is 25.1 Å². The molecule has 8 nitrogen and oxygen atoms in total. The number of rotatable bonds is 5. The van der Waals surface area contributed by atoms with Crippen LogP contribution in [0.15, 0.2) is 47.4 Å². The van der Waals surface area contributed by atoms with Crippen molar-refractivity contribution in [2.75, 3.05) is 52.5 Å². The average Bonchev–Trinajstić information content (AvgIpc) is 3.19. The fourth-order valence-corrected chi connectivity index (χ4v) is 6.51. The van der Waals surface area contributed by atoms with Crippen LogP contribution in [0.25, 0.3) is 0 Å². The van der Waals surface area contributed by atoms with Crippen LogP contribution in [0, 0.1) is 6.92 Å². The second-order valence-electron chi connectivity index (χ2n) is 9.48. The highest BCUT2D eigenvalue weighted by molar-refractivity contribution is 7.89. The van der Waals surface area contributed by atoms with Gasteiger partial charge in [-0.3, -0.25) is 9.69 Å². The van der Waals surface area contributed by atoms with Crippen LogP contribution < -0.4 is 9.47 Å². The van der Waals surface area contributed by atoms with Crippen LogP contribution in [0.2, 0.25) is 0 Å². The third-order valence-corrected chi connectivity index (χ3v) is 9.02. The van der Waals surface area contributed by atoms with Gasteiger partial charge in [-0.15, -0.1) is 0 Å². The van der Waals surface area contributed by atoms with E-state index in [1.54, 1.807) is 17.0 Å². The van der Waals surface area contributed by atoms with Gasteiger partial charge >= 0.3 is 0 Å². The molecule has 0 radical (unpaired) electrons. The number of likely N-dealkylation sites (tertiary alicyclic amines) is 1. The van der Waals surface area contributed by atoms with E-state index in [0.717, 1.165) is 48.4 Å². The summed E-state index contributed by atoms with van der Waals surface area (Å²) in [4.78, 5) is 17.5. The van der Waals surface area contributed by atoms with E-state index in [9.17, 15) is 13.2 Å². The quantitative estimate of drug-likeness (QED) is 0.630. The lowest BCUT2D eigenvalue weighted by Crippen LogP contribution is -2.52. The molecule has 3 heterocycles. The van der Waals surface area contributed by atoms with Crippen molar-refractivity contribution in [3.05, 3.63) is 53.6 Å². The number of piperazine rings is 1. The number of ether oxygens (including phenoxy) is 2. The third-order valence-electron chi connectivity index (χ3n) is 7.11. The average molecular weight is 500 g/mol. The van der Waals surface area contributed by atoms with E-state index < -0.39 is 10.0 Å². The van der Waals surface area contributed by atoms with Crippen molar-refractivity contribution >= 4 is 15.9 Å². The molecule has 2 aromatic carbocycles. The van der Waals surface area contributed by atoms with Crippen LogP contribution in [0.4, 0.5) is 0 Å². The molecule has 2 aromatic rings. The first-order valence-corrected chi connectivity index (χ1v) is 13.8. The van der Waals surface area contributed by atoms with Crippen molar-refractivity contribution < 1.29 is 22.7 Å². The second kappa shape index (κ2) is 10.2. The molecular formula is C26H33N3O5S. The first-order valence-electron chi connectivity index (χ1n) is 12.4. The SMILES string of the molecule is Cc1ccc(S(=O)(=O)N2CCN(C(=O)CN3CCC[C@H]3c3ccc4c(c3)OCCCO4)CC2)cc1. The first-order chi connectivity index (χ1) is 16.9. The predicted molar refractivity (Wildman–Crippen MR) is 132 cm³/mol. The standard InChI is InChI=1S/C26H33N3O5S/c1-20-5-8-22(9-6-20)35(31,32)29-14-12-27(13-15-29)26(30)19-28-11-2-4-23(28)21-7-10-24-25(18-21)34-17-3-16-33-24/h5-10,18,23H,2-4,11-17,19H2,1H3/t23-/m0/s1. The van der Waals surface area contributed by atoms with Crippen molar-refractivity contribution in [2.45, 2.75) is 37.1 Å². The molecule has 1 amide bonds. The van der Waals surface area contributed by atoms with Crippen LogP contribution in [0.1, 0.15) is 36.4 Å². The van der Waals surface area contributed by atoms with Gasteiger partial charge in [0, 0.05) is 38.6 Å². The molecule has 0 aliphatic carbocycles. The van der Waals surface area contributed by atoms with E-state index in [0.29, 0.717) is 50.8 Å². The summed E-state index contributed by atoms with van der Waals surface area (Å²) >= 11 is 0. The molecule has 0 unspecified atom stereocenters. The summed E-state index contributed by atoms with van der Waals surface area (Å²) in [7, 11) is -3.54. The minimum Gasteiger partial charge on any atom is -0.490 e. The molecule has 188 valence electrons. The van der Waals surface area contributed by atoms with E-state index in [-0.39, 0.29) is 11.9 Å². The number of hydrogen-bond donors (Lipinski definition) is 0. The third kappa shape index (κ3) is 5.17. The lowest BCUT2D eigenvalue weighted by Gasteiger charge is -2.35. The Bertz CT molecular complexity index is 1160. The van der Waals surface area contributed by atoms with E-state index >= 15 is 0 Å². The highest BCUT2D eigenvalue weighted by Crippen LogP contribution is 2.37. The van der Waals surface area contributed by atoms with Crippen LogP contribution in [0.3, 0.4) is 0 Å². The van der Waals surface area contributed by atoms with Crippen molar-refractivity contribution in [1.29, 1.82) is 0 Å². The molecule has 0 saturated carbocycles. The highest BCUT2D eigenvalue weighted by atomic mass is 32.2. The molecule has 35 heavy (non-hydrogen) atoms. The number of aryl methyl sites for hydroxylation is 1. The summed E-state index contributed by atoms with van der Waals surface area (Å²) in [6.45, 7) is 5.89. The van der Waals surface area contributed by atoms with Gasteiger partial charge in [-0.25, -0.2) is 8.42 Å². The Labute approximate surface area is 207 Å². The van der Waals surface area contributed by atoms with E-state index in [1.165, 1.54) is 4.31 Å². The van der Waals surface area contributed by atoms with Crippen LogP contribution in [-0.2, 0) is 14.8 Å². The van der Waals surface area contributed by atoms with Crippen LogP contribution in [0.5, 0.6) is 11.5 Å². The fraction of sp³-hybridized carbons (Fsp3) is 0.500. The van der Waals surface area contributed by atoms with Crippen LogP contribution in [-0.4, -0.2) is 80.9 Å². The smallest absolute Gasteiger partial charge is 0.243 e. The Morgan fingerprint density at radius 3 is 2.37 bits per heavy atom. The molecule has 0 aromatic heterocycles. The number of amides is 1. The topological polar surface area (TPSA) is 79.4 Å². The molecule has 9 heteroatoms. The Kier molecular flexibility index (Phi) is 7.00. The van der Waals surface area contributed by atoms with E-state index in [2.05, 4.69) is 17.0 Å². The zero-order valence-corrected chi connectivity index (χ0v) is 21.0. The lowest BCUT2D eigenvalue weighted by atomic mass is 10.0. The largest absolute Gasteiger partial charge is 0.490 e. The summed E-state index contributed by atoms with van der Waals surface area (Å²) in [5.41, 5.74) is 2.17. The van der Waals surface area contributed by atoms with Gasteiger partial charge < -0.3 is 14.4 Å². The van der Waals surface area contributed by atoms with Gasteiger partial charge in [0.05, 0.1) is 24.7 Å². The number of fused-ring (bicyclic) bond motifs is 1. The fourth-order valence-electron chi connectivity index (χ4n) is 5.09. The van der Waals surface area contributed by atoms with Gasteiger partial charge in [-0.05, 0) is 56.1 Å². The summed E-state index contributed by atoms with van der Waals surface area (Å²) in [5, 5.41) is 0. The molecule has 2 fully saturated rings. The molecule has 3 aliphatic rings. The number of carbonyl (C=O) groups excluding carboxylic acids is 1. The zero-order chi connectivity index (χ0) is 24.4. The van der Waals surface area contributed by atoms with Gasteiger partial charge in [0.15, 0.2) is 11.5 Å². The van der Waals surface area contributed by atoms with Crippen molar-refractivity contribution in [3.8, 4) is 11.5 Å². The molecule has 0 spiro atoms. The maximum absolute atomic E-state index is 13.1. The summed E-state index contributed by atoms with van der Waals surface area (Å²) in [6, 6.07) is 13.2. The number of carbonyl (C=O) groups is 1. The molecule has 3 aliphatic heterocycles. The summed E-state index contributed by atoms with van der Waals surface area (Å²) in [6.07, 6.45) is 2.90. The Hall–Kier alpha value is -2.62. The van der Waals surface area contributed by atoms with Crippen molar-refractivity contribution in [2.24, 2.45) is 0 Å². The summed E-state index contributed by atoms with van der Waals surface area (Å²) in [5.74, 6) is 1.62. The Morgan fingerprint density at radius 2 is 1.63 bits per heavy atom. The Balaban J connectivity index is 1.19. The van der Waals surface area contributed by atoms with Gasteiger partial charge in [-0.2, -0.15) is 4.31 Å². The van der Waals surface area contributed by atoms with Gasteiger partial charge in [0.2, 0.25) is 15.9 Å². The normalized spacial score (nSPS) is 21.6. The number of nitrogens with zero attached hydrogens (tertiary/aromatic N) is 3. The maximum Gasteiger partial charge on any atom is 0.243 e. The van der Waals surface area contributed by atoms with Crippen molar-refractivity contribution in [1.82, 2.24) is 14.1 Å². The monoisotopic (exact) mass is 499 g/mol. The molecular weight excluding hydrogens is 466 g/mol. The van der Waals surface area contributed by atoms with Gasteiger partial charge in [0.25, 0.3) is 0 Å². The molecule has 0 N–H and O–H groups in total. The minimum absolute atomic E-state index is 0.0543.